The summed E-state index contributed by atoms with van der Waals surface area (Å²) in [5.41, 5.74) is 0. The molecule has 2 nitrogen and oxygen atoms in total. The number of hydrogen-bond donors (Lipinski definition) is 0. The van der Waals surface area contributed by atoms with Crippen molar-refractivity contribution in [1.82, 2.24) is 0 Å². The van der Waals surface area contributed by atoms with Gasteiger partial charge >= 0.3 is 5.97 Å². The summed E-state index contributed by atoms with van der Waals surface area (Å²) in [4.78, 5) is 10.9. The Labute approximate surface area is 81.8 Å². The molecule has 0 aromatic heterocycles. The van der Waals surface area contributed by atoms with E-state index < -0.39 is 0 Å². The lowest BCUT2D eigenvalue weighted by atomic mass is 10.1. The molecule has 0 amide bonds. The van der Waals surface area contributed by atoms with E-state index in [0.717, 1.165) is 10.8 Å². The summed E-state index contributed by atoms with van der Waals surface area (Å²) in [6, 6.07) is 0. The van der Waals surface area contributed by atoms with Gasteiger partial charge in [-0.15, -0.1) is 0 Å². The number of halogens is 1. The smallest absolute Gasteiger partial charge is 0.306 e. The number of rotatable bonds is 5. The van der Waals surface area contributed by atoms with Crippen molar-refractivity contribution < 1.29 is 9.53 Å². The van der Waals surface area contributed by atoms with Crippen LogP contribution in [0.3, 0.4) is 0 Å². The maximum absolute atomic E-state index is 10.9. The van der Waals surface area contributed by atoms with Crippen molar-refractivity contribution in [2.45, 2.75) is 26.7 Å². The molecule has 0 saturated heterocycles. The van der Waals surface area contributed by atoms with Crippen LogP contribution in [0.1, 0.15) is 26.7 Å². The van der Waals surface area contributed by atoms with E-state index in [4.69, 9.17) is 4.74 Å². The van der Waals surface area contributed by atoms with Gasteiger partial charge in [0.25, 0.3) is 0 Å². The minimum absolute atomic E-state index is 0.0650. The molecule has 0 bridgehead atoms. The van der Waals surface area contributed by atoms with E-state index in [9.17, 15) is 4.79 Å². The van der Waals surface area contributed by atoms with Gasteiger partial charge in [0.1, 0.15) is 0 Å². The van der Waals surface area contributed by atoms with Crippen LogP contribution in [-0.4, -0.2) is 17.0 Å². The lowest BCUT2D eigenvalue weighted by Crippen LogP contribution is -2.09. The predicted octanol–water partition coefficient (Wildman–Crippen LogP) is 2.40. The van der Waals surface area contributed by atoms with E-state index in [0.29, 0.717) is 18.9 Å². The van der Waals surface area contributed by atoms with Crippen LogP contribution < -0.4 is 0 Å². The lowest BCUT2D eigenvalue weighted by molar-refractivity contribution is -0.144. The normalized spacial score (nSPS) is 12.6. The number of carbonyl (C=O) groups is 1. The zero-order valence-corrected chi connectivity index (χ0v) is 9.26. The highest BCUT2D eigenvalue weighted by Crippen LogP contribution is 2.09. The molecule has 0 aliphatic rings. The minimum Gasteiger partial charge on any atom is -0.466 e. The van der Waals surface area contributed by atoms with Crippen molar-refractivity contribution in [2.24, 2.45) is 5.92 Å². The molecule has 0 aliphatic heterocycles. The summed E-state index contributed by atoms with van der Waals surface area (Å²) in [5, 5.41) is 0. The van der Waals surface area contributed by atoms with E-state index in [1.54, 1.807) is 0 Å². The number of hydrogen-bond acceptors (Lipinski definition) is 2. The first-order valence-electron chi connectivity index (χ1n) is 3.92. The Morgan fingerprint density at radius 2 is 2.27 bits per heavy atom. The molecule has 3 heteroatoms. The van der Waals surface area contributed by atoms with Crippen molar-refractivity contribution in [3.63, 3.8) is 0 Å². The SMILES string of the molecule is CCOC(=O)C[C@@H](C)CCI. The number of ether oxygens (including phenoxy) is 1. The molecule has 0 radical (unpaired) electrons. The van der Waals surface area contributed by atoms with Gasteiger partial charge < -0.3 is 4.74 Å². The fraction of sp³-hybridized carbons (Fsp3) is 0.875. The molecule has 0 unspecified atom stereocenters. The molecular formula is C8H15IO2. The largest absolute Gasteiger partial charge is 0.466 e. The predicted molar refractivity (Wildman–Crippen MR) is 53.9 cm³/mol. The third-order valence-electron chi connectivity index (χ3n) is 1.42. The average Bonchev–Trinajstić information content (AvgIpc) is 1.87. The number of carbonyl (C=O) groups excluding carboxylic acids is 1. The summed E-state index contributed by atoms with van der Waals surface area (Å²) in [6.07, 6.45) is 1.66. The van der Waals surface area contributed by atoms with Gasteiger partial charge in [0.2, 0.25) is 0 Å². The van der Waals surface area contributed by atoms with E-state index in [-0.39, 0.29) is 5.97 Å². The van der Waals surface area contributed by atoms with E-state index in [1.165, 1.54) is 0 Å². The molecule has 66 valence electrons. The van der Waals surface area contributed by atoms with Gasteiger partial charge in [0, 0.05) is 6.42 Å². The lowest BCUT2D eigenvalue weighted by Gasteiger charge is -2.07. The van der Waals surface area contributed by atoms with E-state index in [2.05, 4.69) is 29.5 Å². The third kappa shape index (κ3) is 6.59. The fourth-order valence-corrected chi connectivity index (χ4v) is 1.86. The molecule has 0 aromatic carbocycles. The zero-order valence-electron chi connectivity index (χ0n) is 7.10. The summed E-state index contributed by atoms with van der Waals surface area (Å²) in [7, 11) is 0. The van der Waals surface area contributed by atoms with Crippen LogP contribution in [-0.2, 0) is 9.53 Å². The van der Waals surface area contributed by atoms with Crippen molar-refractivity contribution >= 4 is 28.6 Å². The van der Waals surface area contributed by atoms with Crippen LogP contribution >= 0.6 is 22.6 Å². The molecule has 0 saturated carbocycles. The summed E-state index contributed by atoms with van der Waals surface area (Å²) in [6.45, 7) is 4.41. The average molecular weight is 270 g/mol. The van der Waals surface area contributed by atoms with Crippen LogP contribution in [0.15, 0.2) is 0 Å². The summed E-state index contributed by atoms with van der Waals surface area (Å²) in [5.74, 6) is 0.399. The first kappa shape index (κ1) is 11.2. The molecule has 0 aromatic rings. The number of esters is 1. The zero-order chi connectivity index (χ0) is 8.69. The quantitative estimate of drug-likeness (QED) is 0.435. The Kier molecular flexibility index (Phi) is 7.01. The van der Waals surface area contributed by atoms with Crippen molar-refractivity contribution in [3.05, 3.63) is 0 Å². The van der Waals surface area contributed by atoms with Gasteiger partial charge in [-0.2, -0.15) is 0 Å². The second kappa shape index (κ2) is 6.88. The third-order valence-corrected chi connectivity index (χ3v) is 2.05. The second-order valence-electron chi connectivity index (χ2n) is 2.59. The molecule has 0 fully saturated rings. The van der Waals surface area contributed by atoms with Gasteiger partial charge in [-0.3, -0.25) is 4.79 Å². The molecule has 0 heterocycles. The van der Waals surface area contributed by atoms with Crippen molar-refractivity contribution in [3.8, 4) is 0 Å². The van der Waals surface area contributed by atoms with Crippen LogP contribution in [0, 0.1) is 5.92 Å². The Bertz CT molecular complexity index is 115. The topological polar surface area (TPSA) is 26.3 Å². The first-order chi connectivity index (χ1) is 5.20. The Morgan fingerprint density at radius 1 is 1.64 bits per heavy atom. The van der Waals surface area contributed by atoms with Gasteiger partial charge in [-0.25, -0.2) is 0 Å². The summed E-state index contributed by atoms with van der Waals surface area (Å²) >= 11 is 2.32. The highest BCUT2D eigenvalue weighted by atomic mass is 127. The second-order valence-corrected chi connectivity index (χ2v) is 3.67. The van der Waals surface area contributed by atoms with Gasteiger partial charge in [-0.05, 0) is 23.7 Å². The van der Waals surface area contributed by atoms with Crippen molar-refractivity contribution in [1.29, 1.82) is 0 Å². The molecule has 1 atom stereocenters. The van der Waals surface area contributed by atoms with E-state index >= 15 is 0 Å². The van der Waals surface area contributed by atoms with Crippen LogP contribution in [0.5, 0.6) is 0 Å². The monoisotopic (exact) mass is 270 g/mol. The number of alkyl halides is 1. The minimum atomic E-state index is -0.0650. The standard InChI is InChI=1S/C8H15IO2/c1-3-11-8(10)6-7(2)4-5-9/h7H,3-6H2,1-2H3/t7-/m0/s1. The Balaban J connectivity index is 3.40. The maximum Gasteiger partial charge on any atom is 0.306 e. The first-order valence-corrected chi connectivity index (χ1v) is 5.44. The summed E-state index contributed by atoms with van der Waals surface area (Å²) < 4.78 is 5.93. The highest BCUT2D eigenvalue weighted by Gasteiger charge is 2.08. The molecule has 0 spiro atoms. The molecule has 0 rings (SSSR count). The van der Waals surface area contributed by atoms with E-state index in [1.807, 2.05) is 6.92 Å². The molecule has 0 aliphatic carbocycles. The Morgan fingerprint density at radius 3 is 2.73 bits per heavy atom. The fourth-order valence-electron chi connectivity index (χ4n) is 0.793. The molecule has 11 heavy (non-hydrogen) atoms. The molecular weight excluding hydrogens is 255 g/mol. The van der Waals surface area contributed by atoms with Crippen molar-refractivity contribution in [2.75, 3.05) is 11.0 Å². The highest BCUT2D eigenvalue weighted by molar-refractivity contribution is 14.1. The maximum atomic E-state index is 10.9. The van der Waals surface area contributed by atoms with Gasteiger partial charge in [0.15, 0.2) is 0 Å². The van der Waals surface area contributed by atoms with Crippen LogP contribution in [0.2, 0.25) is 0 Å². The van der Waals surface area contributed by atoms with Crippen LogP contribution in [0.25, 0.3) is 0 Å². The van der Waals surface area contributed by atoms with Crippen LogP contribution in [0.4, 0.5) is 0 Å². The molecule has 0 N–H and O–H groups in total. The van der Waals surface area contributed by atoms with Gasteiger partial charge in [0.05, 0.1) is 6.61 Å². The van der Waals surface area contributed by atoms with Gasteiger partial charge in [-0.1, -0.05) is 29.5 Å². The Hall–Kier alpha value is 0.200.